The van der Waals surface area contributed by atoms with Gasteiger partial charge in [-0.05, 0) is 36.8 Å². The van der Waals surface area contributed by atoms with Crippen LogP contribution >= 0.6 is 12.2 Å². The van der Waals surface area contributed by atoms with Crippen molar-refractivity contribution in [3.8, 4) is 11.5 Å². The van der Waals surface area contributed by atoms with Crippen molar-refractivity contribution in [1.29, 1.82) is 0 Å². The van der Waals surface area contributed by atoms with Crippen LogP contribution in [-0.2, 0) is 11.3 Å². The Morgan fingerprint density at radius 2 is 1.90 bits per heavy atom. The molecule has 0 aromatic heterocycles. The van der Waals surface area contributed by atoms with E-state index in [1.54, 1.807) is 21.3 Å². The molecule has 6 heteroatoms. The molecule has 112 valence electrons. The molecule has 0 aliphatic heterocycles. The molecule has 1 aromatic carbocycles. The average Bonchev–Trinajstić information content (AvgIpc) is 2.44. The van der Waals surface area contributed by atoms with E-state index in [1.807, 2.05) is 25.1 Å². The van der Waals surface area contributed by atoms with Crippen LogP contribution in [0.1, 0.15) is 12.5 Å². The van der Waals surface area contributed by atoms with Gasteiger partial charge in [0.15, 0.2) is 16.6 Å². The van der Waals surface area contributed by atoms with Gasteiger partial charge in [0.25, 0.3) is 0 Å². The maximum atomic E-state index is 5.26. The van der Waals surface area contributed by atoms with E-state index in [0.29, 0.717) is 29.8 Å². The second-order valence-electron chi connectivity index (χ2n) is 4.37. The largest absolute Gasteiger partial charge is 0.493 e. The molecule has 0 aliphatic carbocycles. The van der Waals surface area contributed by atoms with Crippen molar-refractivity contribution in [3.05, 3.63) is 23.8 Å². The maximum Gasteiger partial charge on any atom is 0.166 e. The van der Waals surface area contributed by atoms with Crippen molar-refractivity contribution in [2.45, 2.75) is 19.5 Å². The highest BCUT2D eigenvalue weighted by Gasteiger charge is 2.06. The van der Waals surface area contributed by atoms with Crippen molar-refractivity contribution in [2.75, 3.05) is 27.9 Å². The van der Waals surface area contributed by atoms with Crippen LogP contribution in [0.15, 0.2) is 18.2 Å². The zero-order valence-corrected chi connectivity index (χ0v) is 13.2. The lowest BCUT2D eigenvalue weighted by molar-refractivity contribution is 0.179. The Morgan fingerprint density at radius 3 is 2.50 bits per heavy atom. The van der Waals surface area contributed by atoms with Crippen molar-refractivity contribution in [1.82, 2.24) is 10.6 Å². The molecule has 2 N–H and O–H groups in total. The van der Waals surface area contributed by atoms with Gasteiger partial charge >= 0.3 is 0 Å². The van der Waals surface area contributed by atoms with Gasteiger partial charge in [-0.1, -0.05) is 6.07 Å². The van der Waals surface area contributed by atoms with Crippen molar-refractivity contribution < 1.29 is 14.2 Å². The lowest BCUT2D eigenvalue weighted by Gasteiger charge is -2.16. The zero-order chi connectivity index (χ0) is 15.0. The maximum absolute atomic E-state index is 5.26. The first-order chi connectivity index (χ1) is 9.60. The van der Waals surface area contributed by atoms with Crippen molar-refractivity contribution >= 4 is 17.3 Å². The number of ether oxygens (including phenoxy) is 3. The number of rotatable bonds is 7. The Morgan fingerprint density at radius 1 is 1.20 bits per heavy atom. The number of hydrogen-bond donors (Lipinski definition) is 2. The normalized spacial score (nSPS) is 11.6. The fraction of sp³-hybridized carbons (Fsp3) is 0.500. The molecular formula is C14H22N2O3S. The SMILES string of the molecule is COCC(C)NC(=S)NCc1ccc(OC)c(OC)c1. The van der Waals surface area contributed by atoms with Gasteiger partial charge in [-0.15, -0.1) is 0 Å². The van der Waals surface area contributed by atoms with E-state index in [2.05, 4.69) is 10.6 Å². The Kier molecular flexibility index (Phi) is 7.11. The zero-order valence-electron chi connectivity index (χ0n) is 12.4. The third kappa shape index (κ3) is 5.22. The molecule has 0 spiro atoms. The van der Waals surface area contributed by atoms with E-state index in [4.69, 9.17) is 26.4 Å². The van der Waals surface area contributed by atoms with Crippen LogP contribution in [0.5, 0.6) is 11.5 Å². The Bertz CT molecular complexity index is 440. The number of thiocarbonyl (C=S) groups is 1. The van der Waals surface area contributed by atoms with Crippen LogP contribution in [0.4, 0.5) is 0 Å². The van der Waals surface area contributed by atoms with Crippen molar-refractivity contribution in [2.24, 2.45) is 0 Å². The fourth-order valence-electron chi connectivity index (χ4n) is 1.74. The second kappa shape index (κ2) is 8.60. The van der Waals surface area contributed by atoms with Crippen LogP contribution in [-0.4, -0.2) is 39.1 Å². The highest BCUT2D eigenvalue weighted by Crippen LogP contribution is 2.27. The predicted molar refractivity (Wildman–Crippen MR) is 83.5 cm³/mol. The summed E-state index contributed by atoms with van der Waals surface area (Å²) in [6, 6.07) is 5.94. The Labute approximate surface area is 125 Å². The summed E-state index contributed by atoms with van der Waals surface area (Å²) in [5.41, 5.74) is 1.06. The number of methoxy groups -OCH3 is 3. The molecule has 5 nitrogen and oxygen atoms in total. The molecule has 1 atom stereocenters. The van der Waals surface area contributed by atoms with Crippen LogP contribution in [0.2, 0.25) is 0 Å². The van der Waals surface area contributed by atoms with Crippen LogP contribution in [0, 0.1) is 0 Å². The van der Waals surface area contributed by atoms with Crippen LogP contribution < -0.4 is 20.1 Å². The van der Waals surface area contributed by atoms with Gasteiger partial charge in [0.1, 0.15) is 0 Å². The minimum absolute atomic E-state index is 0.172. The standard InChI is InChI=1S/C14H22N2O3S/c1-10(9-17-2)16-14(20)15-8-11-5-6-12(18-3)13(7-11)19-4/h5-7,10H,8-9H2,1-4H3,(H2,15,16,20). The van der Waals surface area contributed by atoms with Gasteiger partial charge < -0.3 is 24.8 Å². The highest BCUT2D eigenvalue weighted by atomic mass is 32.1. The molecule has 0 saturated heterocycles. The number of hydrogen-bond acceptors (Lipinski definition) is 4. The first-order valence-corrected chi connectivity index (χ1v) is 6.75. The Hall–Kier alpha value is -1.53. The van der Waals surface area contributed by atoms with Crippen LogP contribution in [0.25, 0.3) is 0 Å². The summed E-state index contributed by atoms with van der Waals surface area (Å²) in [5, 5.41) is 6.89. The molecule has 0 fully saturated rings. The molecule has 0 bridgehead atoms. The van der Waals surface area contributed by atoms with E-state index < -0.39 is 0 Å². The summed E-state index contributed by atoms with van der Waals surface area (Å²) in [4.78, 5) is 0. The minimum Gasteiger partial charge on any atom is -0.493 e. The van der Waals surface area contributed by atoms with E-state index >= 15 is 0 Å². The van der Waals surface area contributed by atoms with Gasteiger partial charge in [0.2, 0.25) is 0 Å². The third-order valence-electron chi connectivity index (χ3n) is 2.70. The van der Waals surface area contributed by atoms with E-state index in [9.17, 15) is 0 Å². The van der Waals surface area contributed by atoms with E-state index in [1.165, 1.54) is 0 Å². The molecule has 1 aromatic rings. The van der Waals surface area contributed by atoms with Gasteiger partial charge in [0.05, 0.1) is 20.8 Å². The van der Waals surface area contributed by atoms with Gasteiger partial charge in [-0.2, -0.15) is 0 Å². The van der Waals surface area contributed by atoms with E-state index in [0.717, 1.165) is 5.56 Å². The molecule has 1 rings (SSSR count). The third-order valence-corrected chi connectivity index (χ3v) is 2.96. The lowest BCUT2D eigenvalue weighted by atomic mass is 10.2. The first-order valence-electron chi connectivity index (χ1n) is 6.35. The topological polar surface area (TPSA) is 51.8 Å². The predicted octanol–water partition coefficient (Wildman–Crippen LogP) is 1.70. The summed E-state index contributed by atoms with van der Waals surface area (Å²) in [7, 11) is 4.90. The molecule has 0 amide bonds. The van der Waals surface area contributed by atoms with Crippen LogP contribution in [0.3, 0.4) is 0 Å². The molecule has 0 radical (unpaired) electrons. The summed E-state index contributed by atoms with van der Waals surface area (Å²) in [5.74, 6) is 1.42. The second-order valence-corrected chi connectivity index (χ2v) is 4.78. The molecule has 1 unspecified atom stereocenters. The summed E-state index contributed by atoms with van der Waals surface area (Å²) < 4.78 is 15.5. The molecule has 0 aliphatic rings. The van der Waals surface area contributed by atoms with Crippen molar-refractivity contribution in [3.63, 3.8) is 0 Å². The summed E-state index contributed by atoms with van der Waals surface area (Å²) in [6.07, 6.45) is 0. The molecule has 0 saturated carbocycles. The van der Waals surface area contributed by atoms with Gasteiger partial charge in [-0.25, -0.2) is 0 Å². The summed E-state index contributed by atoms with van der Waals surface area (Å²) >= 11 is 5.22. The molecule has 20 heavy (non-hydrogen) atoms. The average molecular weight is 298 g/mol. The Balaban J connectivity index is 2.51. The molecule has 0 heterocycles. The lowest BCUT2D eigenvalue weighted by Crippen LogP contribution is -2.42. The fourth-order valence-corrected chi connectivity index (χ4v) is 2.01. The first kappa shape index (κ1) is 16.5. The number of nitrogens with one attached hydrogen (secondary N) is 2. The monoisotopic (exact) mass is 298 g/mol. The van der Waals surface area contributed by atoms with Gasteiger partial charge in [-0.3, -0.25) is 0 Å². The number of benzene rings is 1. The highest BCUT2D eigenvalue weighted by molar-refractivity contribution is 7.80. The molecular weight excluding hydrogens is 276 g/mol. The summed E-state index contributed by atoms with van der Waals surface area (Å²) in [6.45, 7) is 3.23. The van der Waals surface area contributed by atoms with E-state index in [-0.39, 0.29) is 6.04 Å². The quantitative estimate of drug-likeness (QED) is 0.747. The smallest absolute Gasteiger partial charge is 0.166 e. The van der Waals surface area contributed by atoms with Gasteiger partial charge in [0, 0.05) is 19.7 Å². The minimum atomic E-state index is 0.172.